The number of carbonyl (C=O) groups is 3. The van der Waals surface area contributed by atoms with E-state index in [0.29, 0.717) is 6.54 Å². The number of nitrogens with one attached hydrogen (secondary N) is 1. The Hall–Kier alpha value is -1.99. The van der Waals surface area contributed by atoms with Gasteiger partial charge < -0.3 is 5.11 Å². The van der Waals surface area contributed by atoms with Gasteiger partial charge in [-0.1, -0.05) is 0 Å². The molecule has 0 bridgehead atoms. The summed E-state index contributed by atoms with van der Waals surface area (Å²) in [7, 11) is 0. The molecule has 0 spiro atoms. The minimum Gasteiger partial charge on any atom is -0.478 e. The van der Waals surface area contributed by atoms with E-state index in [1.165, 1.54) is 17.4 Å². The van der Waals surface area contributed by atoms with E-state index in [1.807, 2.05) is 12.1 Å². The number of nitrogens with zero attached hydrogens (tertiary/aromatic N) is 1. The fourth-order valence-corrected chi connectivity index (χ4v) is 2.71. The summed E-state index contributed by atoms with van der Waals surface area (Å²) >= 11 is 1.44. The summed E-state index contributed by atoms with van der Waals surface area (Å²) < 4.78 is 0. The number of carbonyl (C=O) groups excluding carboxylic acids is 2. The zero-order valence-electron chi connectivity index (χ0n) is 9.96. The summed E-state index contributed by atoms with van der Waals surface area (Å²) in [6.07, 6.45) is 2.60. The number of carboxylic acid groups (broad SMARTS) is 1. The van der Waals surface area contributed by atoms with E-state index in [2.05, 4.69) is 5.32 Å². The van der Waals surface area contributed by atoms with Gasteiger partial charge in [-0.05, 0) is 18.2 Å². The van der Waals surface area contributed by atoms with E-state index in [0.717, 1.165) is 15.8 Å². The van der Waals surface area contributed by atoms with Gasteiger partial charge in [-0.25, -0.2) is 4.79 Å². The van der Waals surface area contributed by atoms with Gasteiger partial charge >= 0.3 is 5.97 Å². The average Bonchev–Trinajstić information content (AvgIpc) is 2.72. The van der Waals surface area contributed by atoms with Crippen LogP contribution in [0.4, 0.5) is 0 Å². The first-order chi connectivity index (χ1) is 9.02. The van der Waals surface area contributed by atoms with Crippen LogP contribution >= 0.6 is 11.3 Å². The van der Waals surface area contributed by atoms with Gasteiger partial charge in [0.1, 0.15) is 0 Å². The monoisotopic (exact) mass is 280 g/mol. The number of rotatable bonds is 4. The molecular formula is C12H12N2O4S. The van der Waals surface area contributed by atoms with Crippen molar-refractivity contribution in [1.82, 2.24) is 10.2 Å². The van der Waals surface area contributed by atoms with Crippen LogP contribution in [0.15, 0.2) is 18.2 Å². The summed E-state index contributed by atoms with van der Waals surface area (Å²) in [5.41, 5.74) is 0. The second kappa shape index (κ2) is 5.77. The van der Waals surface area contributed by atoms with E-state index in [4.69, 9.17) is 5.11 Å². The number of amides is 2. The Morgan fingerprint density at radius 1 is 1.37 bits per heavy atom. The fraction of sp³-hybridized carbons (Fsp3) is 0.250. The lowest BCUT2D eigenvalue weighted by Gasteiger charge is -2.24. The van der Waals surface area contributed by atoms with Gasteiger partial charge in [0.15, 0.2) is 0 Å². The van der Waals surface area contributed by atoms with Gasteiger partial charge in [0, 0.05) is 22.4 Å². The van der Waals surface area contributed by atoms with Crippen molar-refractivity contribution in [3.05, 3.63) is 28.0 Å². The number of imide groups is 1. The molecule has 2 N–H and O–H groups in total. The Balaban J connectivity index is 1.98. The third kappa shape index (κ3) is 4.01. The molecule has 1 fully saturated rings. The first-order valence-corrected chi connectivity index (χ1v) is 6.39. The van der Waals surface area contributed by atoms with Crippen molar-refractivity contribution in [3.8, 4) is 0 Å². The predicted octanol–water partition coefficient (Wildman–Crippen LogP) is 0.304. The smallest absolute Gasteiger partial charge is 0.328 e. The van der Waals surface area contributed by atoms with E-state index < -0.39 is 5.97 Å². The summed E-state index contributed by atoms with van der Waals surface area (Å²) in [6.45, 7) is 0.901. The Kier molecular flexibility index (Phi) is 4.08. The van der Waals surface area contributed by atoms with Gasteiger partial charge in [0.2, 0.25) is 11.8 Å². The molecule has 7 heteroatoms. The average molecular weight is 280 g/mol. The van der Waals surface area contributed by atoms with Crippen LogP contribution in [-0.4, -0.2) is 40.9 Å². The number of carboxylic acids is 1. The molecule has 0 saturated carbocycles. The molecule has 1 aromatic rings. The molecule has 0 radical (unpaired) electrons. The molecule has 0 atom stereocenters. The van der Waals surface area contributed by atoms with Crippen molar-refractivity contribution in [3.63, 3.8) is 0 Å². The van der Waals surface area contributed by atoms with Crippen LogP contribution in [0.5, 0.6) is 0 Å². The zero-order chi connectivity index (χ0) is 13.8. The largest absolute Gasteiger partial charge is 0.478 e. The van der Waals surface area contributed by atoms with Crippen molar-refractivity contribution >= 4 is 35.2 Å². The molecule has 1 saturated heterocycles. The first-order valence-electron chi connectivity index (χ1n) is 5.57. The topological polar surface area (TPSA) is 86.7 Å². The second-order valence-corrected chi connectivity index (χ2v) is 5.29. The summed E-state index contributed by atoms with van der Waals surface area (Å²) in [4.78, 5) is 36.4. The Morgan fingerprint density at radius 2 is 2.05 bits per heavy atom. The van der Waals surface area contributed by atoms with Crippen LogP contribution in [0.2, 0.25) is 0 Å². The maximum Gasteiger partial charge on any atom is 0.328 e. The Morgan fingerprint density at radius 3 is 2.68 bits per heavy atom. The molecule has 2 heterocycles. The molecule has 19 heavy (non-hydrogen) atoms. The minimum absolute atomic E-state index is 0.198. The molecule has 1 aromatic heterocycles. The van der Waals surface area contributed by atoms with Crippen molar-refractivity contribution in [2.45, 2.75) is 6.54 Å². The third-order valence-electron chi connectivity index (χ3n) is 2.47. The molecule has 2 rings (SSSR count). The lowest BCUT2D eigenvalue weighted by atomic mass is 10.3. The van der Waals surface area contributed by atoms with Gasteiger partial charge in [-0.2, -0.15) is 0 Å². The van der Waals surface area contributed by atoms with Crippen molar-refractivity contribution in [1.29, 1.82) is 0 Å². The van der Waals surface area contributed by atoms with Crippen LogP contribution in [0.1, 0.15) is 9.75 Å². The molecule has 2 amide bonds. The van der Waals surface area contributed by atoms with Crippen LogP contribution in [0, 0.1) is 0 Å². The molecule has 0 aromatic carbocycles. The highest BCUT2D eigenvalue weighted by Crippen LogP contribution is 2.20. The maximum absolute atomic E-state index is 11.2. The maximum atomic E-state index is 11.2. The van der Waals surface area contributed by atoms with E-state index in [1.54, 1.807) is 4.90 Å². The molecule has 100 valence electrons. The van der Waals surface area contributed by atoms with E-state index in [-0.39, 0.29) is 24.9 Å². The van der Waals surface area contributed by atoms with Crippen LogP contribution in [0.3, 0.4) is 0 Å². The molecule has 6 nitrogen and oxygen atoms in total. The molecule has 1 aliphatic heterocycles. The SMILES string of the molecule is O=C(O)C=Cc1ccc(CN2CC(=O)NC(=O)C2)s1. The highest BCUT2D eigenvalue weighted by atomic mass is 32.1. The summed E-state index contributed by atoms with van der Waals surface area (Å²) in [6, 6.07) is 3.68. The second-order valence-electron chi connectivity index (χ2n) is 4.09. The number of aliphatic carboxylic acids is 1. The number of hydrogen-bond donors (Lipinski definition) is 2. The molecule has 1 aliphatic rings. The van der Waals surface area contributed by atoms with Gasteiger partial charge in [-0.3, -0.25) is 19.8 Å². The van der Waals surface area contributed by atoms with Crippen LogP contribution in [-0.2, 0) is 20.9 Å². The van der Waals surface area contributed by atoms with Crippen molar-refractivity contribution in [2.24, 2.45) is 0 Å². The quantitative estimate of drug-likeness (QED) is 0.612. The lowest BCUT2D eigenvalue weighted by molar-refractivity contribution is -0.136. The van der Waals surface area contributed by atoms with E-state index >= 15 is 0 Å². The number of hydrogen-bond acceptors (Lipinski definition) is 5. The first kappa shape index (κ1) is 13.4. The minimum atomic E-state index is -0.992. The summed E-state index contributed by atoms with van der Waals surface area (Å²) in [5.74, 6) is -1.58. The standard InChI is InChI=1S/C12H12N2O4S/c15-10-6-14(7-11(16)13-10)5-9-2-1-8(19-9)3-4-12(17)18/h1-4H,5-7H2,(H,17,18)(H,13,15,16). The zero-order valence-corrected chi connectivity index (χ0v) is 10.8. The Bertz CT molecular complexity index is 534. The molecule has 0 aliphatic carbocycles. The van der Waals surface area contributed by atoms with Crippen molar-refractivity contribution in [2.75, 3.05) is 13.1 Å². The Labute approximate surface area is 113 Å². The third-order valence-corrected chi connectivity index (χ3v) is 3.50. The molecular weight excluding hydrogens is 268 g/mol. The lowest BCUT2D eigenvalue weighted by Crippen LogP contribution is -2.50. The van der Waals surface area contributed by atoms with Gasteiger partial charge in [0.05, 0.1) is 13.1 Å². The van der Waals surface area contributed by atoms with E-state index in [9.17, 15) is 14.4 Å². The van der Waals surface area contributed by atoms with Crippen LogP contribution < -0.4 is 5.32 Å². The van der Waals surface area contributed by atoms with Gasteiger partial charge in [0.25, 0.3) is 0 Å². The highest BCUT2D eigenvalue weighted by molar-refractivity contribution is 7.12. The number of thiophene rings is 1. The predicted molar refractivity (Wildman–Crippen MR) is 69.4 cm³/mol. The number of piperazine rings is 1. The highest BCUT2D eigenvalue weighted by Gasteiger charge is 2.22. The molecule has 0 unspecified atom stereocenters. The fourth-order valence-electron chi connectivity index (χ4n) is 1.75. The van der Waals surface area contributed by atoms with Crippen molar-refractivity contribution < 1.29 is 19.5 Å². The van der Waals surface area contributed by atoms with Gasteiger partial charge in [-0.15, -0.1) is 11.3 Å². The normalized spacial score (nSPS) is 16.8. The van der Waals surface area contributed by atoms with Crippen LogP contribution in [0.25, 0.3) is 6.08 Å². The summed E-state index contributed by atoms with van der Waals surface area (Å²) in [5, 5.41) is 10.8.